The molecule has 0 aliphatic heterocycles. The molecule has 1 amide bonds. The molecule has 0 atom stereocenters. The van der Waals surface area contributed by atoms with Crippen molar-refractivity contribution in [3.63, 3.8) is 0 Å². The fourth-order valence-electron chi connectivity index (χ4n) is 2.00. The van der Waals surface area contributed by atoms with Crippen LogP contribution in [-0.2, 0) is 0 Å². The first-order valence-electron chi connectivity index (χ1n) is 6.30. The molecule has 0 bridgehead atoms. The maximum atomic E-state index is 11.5. The Balaban J connectivity index is 1.82. The second-order valence-electron chi connectivity index (χ2n) is 4.64. The van der Waals surface area contributed by atoms with E-state index in [1.807, 2.05) is 6.92 Å². The normalized spacial score (nSPS) is 22.1. The summed E-state index contributed by atoms with van der Waals surface area (Å²) in [5.74, 6) is 1.13. The van der Waals surface area contributed by atoms with E-state index in [1.165, 1.54) is 0 Å². The maximum absolute atomic E-state index is 11.5. The largest absolute Gasteiger partial charge is 0.368 e. The van der Waals surface area contributed by atoms with Gasteiger partial charge in [-0.05, 0) is 37.8 Å². The van der Waals surface area contributed by atoms with E-state index in [-0.39, 0.29) is 5.91 Å². The topological polar surface area (TPSA) is 92.9 Å². The molecule has 1 aliphatic rings. The number of carbonyl (C=O) groups is 1. The highest BCUT2D eigenvalue weighted by atomic mass is 16.1. The van der Waals surface area contributed by atoms with Crippen molar-refractivity contribution in [1.29, 1.82) is 0 Å². The molecule has 1 aromatic heterocycles. The number of nitrogens with two attached hydrogens (primary N) is 1. The molecule has 18 heavy (non-hydrogen) atoms. The van der Waals surface area contributed by atoms with Crippen molar-refractivity contribution in [2.24, 2.45) is 11.7 Å². The van der Waals surface area contributed by atoms with Gasteiger partial charge in [0.1, 0.15) is 5.82 Å². The number of hydrogen-bond acceptors (Lipinski definition) is 5. The Morgan fingerprint density at radius 2 is 2.22 bits per heavy atom. The molecule has 6 heteroatoms. The molecule has 0 unspecified atom stereocenters. The van der Waals surface area contributed by atoms with Crippen LogP contribution in [-0.4, -0.2) is 35.2 Å². The molecular weight excluding hydrogens is 230 g/mol. The van der Waals surface area contributed by atoms with Gasteiger partial charge in [0.05, 0.1) is 0 Å². The molecular formula is C12H19N5O. The molecule has 98 valence electrons. The van der Waals surface area contributed by atoms with Gasteiger partial charge in [0.25, 0.3) is 5.91 Å². The first kappa shape index (κ1) is 12.8. The van der Waals surface area contributed by atoms with E-state index < -0.39 is 0 Å². The minimum absolute atomic E-state index is 0.193. The zero-order chi connectivity index (χ0) is 13.0. The van der Waals surface area contributed by atoms with Gasteiger partial charge in [0.2, 0.25) is 0 Å². The summed E-state index contributed by atoms with van der Waals surface area (Å²) < 4.78 is 0. The van der Waals surface area contributed by atoms with Crippen LogP contribution in [0.3, 0.4) is 0 Å². The van der Waals surface area contributed by atoms with E-state index in [1.54, 1.807) is 12.1 Å². The zero-order valence-corrected chi connectivity index (χ0v) is 10.5. The molecule has 4 N–H and O–H groups in total. The Kier molecular flexibility index (Phi) is 4.09. The minimum Gasteiger partial charge on any atom is -0.368 e. The van der Waals surface area contributed by atoms with Crippen LogP contribution < -0.4 is 16.4 Å². The van der Waals surface area contributed by atoms with Gasteiger partial charge in [0.15, 0.2) is 5.69 Å². The lowest BCUT2D eigenvalue weighted by atomic mass is 9.81. The van der Waals surface area contributed by atoms with Crippen LogP contribution in [0.5, 0.6) is 0 Å². The lowest BCUT2D eigenvalue weighted by molar-refractivity contribution is 0.0950. The van der Waals surface area contributed by atoms with Crippen molar-refractivity contribution < 1.29 is 4.79 Å². The number of nitrogens with one attached hydrogen (secondary N) is 2. The predicted octanol–water partition coefficient (Wildman–Crippen LogP) is 0.376. The third kappa shape index (κ3) is 3.16. The van der Waals surface area contributed by atoms with E-state index in [9.17, 15) is 4.79 Å². The Bertz CT molecular complexity index is 399. The minimum atomic E-state index is -0.193. The first-order chi connectivity index (χ1) is 8.69. The highest BCUT2D eigenvalue weighted by Crippen LogP contribution is 2.25. The number of carbonyl (C=O) groups excluding carboxylic acids is 1. The van der Waals surface area contributed by atoms with E-state index in [0.717, 1.165) is 19.4 Å². The van der Waals surface area contributed by atoms with E-state index in [2.05, 4.69) is 20.8 Å². The molecule has 0 spiro atoms. The lowest BCUT2D eigenvalue weighted by Crippen LogP contribution is -2.39. The number of hydrogen-bond donors (Lipinski definition) is 3. The van der Waals surface area contributed by atoms with Gasteiger partial charge in [-0.1, -0.05) is 0 Å². The molecule has 1 fully saturated rings. The van der Waals surface area contributed by atoms with Gasteiger partial charge >= 0.3 is 0 Å². The highest BCUT2D eigenvalue weighted by molar-refractivity contribution is 5.92. The number of anilines is 1. The molecule has 6 nitrogen and oxygen atoms in total. The van der Waals surface area contributed by atoms with Gasteiger partial charge in [-0.2, -0.15) is 0 Å². The fourth-order valence-corrected chi connectivity index (χ4v) is 2.00. The third-order valence-electron chi connectivity index (χ3n) is 3.08. The summed E-state index contributed by atoms with van der Waals surface area (Å²) in [7, 11) is 0. The van der Waals surface area contributed by atoms with Crippen LogP contribution in [0.4, 0.5) is 5.82 Å². The van der Waals surface area contributed by atoms with Crippen LogP contribution in [0.1, 0.15) is 30.3 Å². The van der Waals surface area contributed by atoms with Crippen LogP contribution in [0.2, 0.25) is 0 Å². The third-order valence-corrected chi connectivity index (χ3v) is 3.08. The van der Waals surface area contributed by atoms with E-state index in [4.69, 9.17) is 5.73 Å². The smallest absolute Gasteiger partial charge is 0.271 e. The number of amides is 1. The van der Waals surface area contributed by atoms with E-state index in [0.29, 0.717) is 30.0 Å². The average molecular weight is 249 g/mol. The molecule has 1 saturated carbocycles. The van der Waals surface area contributed by atoms with Crippen molar-refractivity contribution in [3.05, 3.63) is 17.8 Å². The van der Waals surface area contributed by atoms with Crippen molar-refractivity contribution in [2.75, 3.05) is 18.4 Å². The van der Waals surface area contributed by atoms with Crippen LogP contribution in [0.15, 0.2) is 12.1 Å². The Hall–Kier alpha value is -1.69. The number of rotatable bonds is 5. The van der Waals surface area contributed by atoms with Gasteiger partial charge < -0.3 is 16.4 Å². The van der Waals surface area contributed by atoms with E-state index >= 15 is 0 Å². The van der Waals surface area contributed by atoms with Crippen LogP contribution >= 0.6 is 0 Å². The molecule has 1 aromatic rings. The highest BCUT2D eigenvalue weighted by Gasteiger charge is 2.25. The summed E-state index contributed by atoms with van der Waals surface area (Å²) in [5.41, 5.74) is 6.06. The number of aromatic nitrogens is 2. The molecule has 1 aliphatic carbocycles. The molecule has 1 heterocycles. The summed E-state index contributed by atoms with van der Waals surface area (Å²) in [5, 5.41) is 13.7. The second-order valence-corrected chi connectivity index (χ2v) is 4.64. The van der Waals surface area contributed by atoms with Crippen LogP contribution in [0, 0.1) is 5.92 Å². The molecule has 0 saturated heterocycles. The monoisotopic (exact) mass is 249 g/mol. The number of nitrogens with zero attached hydrogens (tertiary/aromatic N) is 2. The maximum Gasteiger partial charge on any atom is 0.271 e. The van der Waals surface area contributed by atoms with Crippen molar-refractivity contribution in [3.8, 4) is 0 Å². The van der Waals surface area contributed by atoms with Gasteiger partial charge in [-0.15, -0.1) is 10.2 Å². The summed E-state index contributed by atoms with van der Waals surface area (Å²) in [6.07, 6.45) is 2.13. The quantitative estimate of drug-likeness (QED) is 0.701. The zero-order valence-electron chi connectivity index (χ0n) is 10.5. The second kappa shape index (κ2) is 5.77. The fraction of sp³-hybridized carbons (Fsp3) is 0.583. The predicted molar refractivity (Wildman–Crippen MR) is 69.2 cm³/mol. The standard InChI is InChI=1S/C12H19N5O/c1-2-14-12(18)10-3-4-11(17-16-10)15-7-8-5-9(13)6-8/h3-4,8-9H,2,5-7,13H2,1H3,(H,14,18)(H,15,17). The SMILES string of the molecule is CCNC(=O)c1ccc(NCC2CC(N)C2)nn1. The van der Waals surface area contributed by atoms with Crippen molar-refractivity contribution in [1.82, 2.24) is 15.5 Å². The average Bonchev–Trinajstić information content (AvgIpc) is 2.34. The summed E-state index contributed by atoms with van der Waals surface area (Å²) in [4.78, 5) is 11.5. The van der Waals surface area contributed by atoms with Crippen LogP contribution in [0.25, 0.3) is 0 Å². The summed E-state index contributed by atoms with van der Waals surface area (Å²) in [6, 6.07) is 3.81. The summed E-state index contributed by atoms with van der Waals surface area (Å²) >= 11 is 0. The van der Waals surface area contributed by atoms with Crippen molar-refractivity contribution in [2.45, 2.75) is 25.8 Å². The summed E-state index contributed by atoms with van der Waals surface area (Å²) in [6.45, 7) is 3.32. The van der Waals surface area contributed by atoms with Gasteiger partial charge in [-0.3, -0.25) is 4.79 Å². The Morgan fingerprint density at radius 1 is 1.44 bits per heavy atom. The molecule has 2 rings (SSSR count). The van der Waals surface area contributed by atoms with Gasteiger partial charge in [0, 0.05) is 19.1 Å². The Labute approximate surface area is 106 Å². The lowest BCUT2D eigenvalue weighted by Gasteiger charge is -2.32. The van der Waals surface area contributed by atoms with Gasteiger partial charge in [-0.25, -0.2) is 0 Å². The Morgan fingerprint density at radius 3 is 2.78 bits per heavy atom. The van der Waals surface area contributed by atoms with Crippen molar-refractivity contribution >= 4 is 11.7 Å². The molecule has 0 radical (unpaired) electrons. The first-order valence-corrected chi connectivity index (χ1v) is 6.30. The molecule has 0 aromatic carbocycles.